The number of hydrogen-bond acceptors (Lipinski definition) is 5. The second kappa shape index (κ2) is 9.37. The molecule has 1 saturated carbocycles. The van der Waals surface area contributed by atoms with Crippen molar-refractivity contribution >= 4 is 21.9 Å². The van der Waals surface area contributed by atoms with Crippen molar-refractivity contribution in [3.8, 4) is 5.88 Å². The predicted molar refractivity (Wildman–Crippen MR) is 108 cm³/mol. The summed E-state index contributed by atoms with van der Waals surface area (Å²) in [5.74, 6) is 0.943. The summed E-state index contributed by atoms with van der Waals surface area (Å²) in [5.41, 5.74) is -0.724. The van der Waals surface area contributed by atoms with Crippen LogP contribution in [-0.2, 0) is 9.53 Å². The molecule has 3 aliphatic rings. The van der Waals surface area contributed by atoms with Crippen molar-refractivity contribution < 1.29 is 14.3 Å². The van der Waals surface area contributed by atoms with Gasteiger partial charge in [0, 0.05) is 29.7 Å². The molecule has 1 aromatic heterocycles. The van der Waals surface area contributed by atoms with Gasteiger partial charge >= 0.3 is 5.97 Å². The lowest BCUT2D eigenvalue weighted by Crippen LogP contribution is -2.67. The highest BCUT2D eigenvalue weighted by Crippen LogP contribution is 2.40. The number of hydrogen-bond donors (Lipinski definition) is 1. The molecule has 3 heterocycles. The van der Waals surface area contributed by atoms with Gasteiger partial charge in [0.2, 0.25) is 11.6 Å². The average molecular weight is 439 g/mol. The lowest BCUT2D eigenvalue weighted by atomic mass is 9.76. The summed E-state index contributed by atoms with van der Waals surface area (Å²) in [7, 11) is 0. The number of fused-ring (bicyclic) bond motifs is 3. The van der Waals surface area contributed by atoms with Crippen LogP contribution >= 0.6 is 15.9 Å². The fourth-order valence-corrected chi connectivity index (χ4v) is 4.28. The Morgan fingerprint density at radius 2 is 2.26 bits per heavy atom. The van der Waals surface area contributed by atoms with Crippen LogP contribution in [0.5, 0.6) is 5.88 Å². The Kier molecular flexibility index (Phi) is 7.15. The van der Waals surface area contributed by atoms with Crippen LogP contribution in [0.25, 0.3) is 0 Å². The van der Waals surface area contributed by atoms with Crippen molar-refractivity contribution in [1.29, 1.82) is 0 Å². The molecule has 3 fully saturated rings. The van der Waals surface area contributed by atoms with Crippen LogP contribution < -0.4 is 10.1 Å². The fourth-order valence-electron chi connectivity index (χ4n) is 4.04. The zero-order chi connectivity index (χ0) is 19.3. The number of aromatic nitrogens is 1. The first kappa shape index (κ1) is 20.6. The molecule has 2 saturated heterocycles. The minimum atomic E-state index is -0.724. The van der Waals surface area contributed by atoms with Gasteiger partial charge in [-0.1, -0.05) is 39.5 Å². The number of pyridine rings is 1. The standard InChI is InChI=1S/C21H31BrN2O3/c1-3-4-5-6-7-15(2)20(25)27-21-11-10-16(13-24-21)12-18(21)26-19-9-8-17(22)14-23-19/h8-9,14-16,18,24H,3-7,10-13H2,1-2H3/t15?,16-,18-,21+/m1/s1. The van der Waals surface area contributed by atoms with E-state index in [0.29, 0.717) is 11.8 Å². The number of nitrogens with zero attached hydrogens (tertiary/aromatic N) is 1. The zero-order valence-corrected chi connectivity index (χ0v) is 18.0. The topological polar surface area (TPSA) is 60.5 Å². The number of esters is 1. The van der Waals surface area contributed by atoms with Gasteiger partial charge in [0.1, 0.15) is 0 Å². The van der Waals surface area contributed by atoms with Gasteiger partial charge in [-0.05, 0) is 47.2 Å². The van der Waals surface area contributed by atoms with Crippen molar-refractivity contribution in [2.24, 2.45) is 11.8 Å². The quantitative estimate of drug-likeness (QED) is 0.441. The number of piperidine rings is 2. The largest absolute Gasteiger partial charge is 0.469 e. The minimum Gasteiger partial charge on any atom is -0.469 e. The molecule has 1 aromatic rings. The molecule has 0 spiro atoms. The third-order valence-electron chi connectivity index (χ3n) is 5.82. The SMILES string of the molecule is CCCCCCC(C)C(=O)O[C@]12CC[C@@H](CN1)C[C@H]2Oc1ccc(Br)cn1. The van der Waals surface area contributed by atoms with E-state index in [9.17, 15) is 4.79 Å². The molecule has 5 nitrogen and oxygen atoms in total. The van der Waals surface area contributed by atoms with Gasteiger partial charge < -0.3 is 9.47 Å². The van der Waals surface area contributed by atoms with Gasteiger partial charge in [0.25, 0.3) is 0 Å². The predicted octanol–water partition coefficient (Wildman–Crippen LogP) is 4.84. The van der Waals surface area contributed by atoms with Crippen molar-refractivity contribution in [2.75, 3.05) is 6.54 Å². The number of nitrogens with one attached hydrogen (secondary N) is 1. The molecule has 150 valence electrons. The van der Waals surface area contributed by atoms with Crippen LogP contribution in [-0.4, -0.2) is 29.3 Å². The molecule has 1 unspecified atom stereocenters. The number of rotatable bonds is 9. The lowest BCUT2D eigenvalue weighted by Gasteiger charge is -2.50. The Hall–Kier alpha value is -1.14. The van der Waals surface area contributed by atoms with Gasteiger partial charge in [-0.3, -0.25) is 10.1 Å². The van der Waals surface area contributed by atoms with Crippen LogP contribution in [0.4, 0.5) is 0 Å². The molecule has 0 amide bonds. The van der Waals surface area contributed by atoms with Crippen molar-refractivity contribution in [1.82, 2.24) is 10.3 Å². The van der Waals surface area contributed by atoms with Crippen LogP contribution in [0.2, 0.25) is 0 Å². The van der Waals surface area contributed by atoms with E-state index in [1.807, 2.05) is 19.1 Å². The Bertz CT molecular complexity index is 614. The smallest absolute Gasteiger partial charge is 0.310 e. The van der Waals surface area contributed by atoms with E-state index in [4.69, 9.17) is 9.47 Å². The monoisotopic (exact) mass is 438 g/mol. The average Bonchev–Trinajstić information content (AvgIpc) is 2.68. The van der Waals surface area contributed by atoms with Gasteiger partial charge in [0.15, 0.2) is 6.10 Å². The highest BCUT2D eigenvalue weighted by molar-refractivity contribution is 9.10. The molecular formula is C21H31BrN2O3. The molecule has 2 bridgehead atoms. The third kappa shape index (κ3) is 5.23. The number of ether oxygens (including phenoxy) is 2. The maximum absolute atomic E-state index is 12.8. The van der Waals surface area contributed by atoms with E-state index in [1.165, 1.54) is 19.3 Å². The molecule has 4 atom stereocenters. The van der Waals surface area contributed by atoms with E-state index in [0.717, 1.165) is 43.1 Å². The van der Waals surface area contributed by atoms with E-state index >= 15 is 0 Å². The molecule has 6 heteroatoms. The van der Waals surface area contributed by atoms with Crippen LogP contribution in [0.1, 0.15) is 65.2 Å². The van der Waals surface area contributed by atoms with Gasteiger partial charge in [-0.2, -0.15) is 0 Å². The fraction of sp³-hybridized carbons (Fsp3) is 0.714. The first-order valence-electron chi connectivity index (χ1n) is 10.3. The second-order valence-corrected chi connectivity index (χ2v) is 8.92. The summed E-state index contributed by atoms with van der Waals surface area (Å²) >= 11 is 3.39. The summed E-state index contributed by atoms with van der Waals surface area (Å²) < 4.78 is 13.2. The maximum atomic E-state index is 12.8. The van der Waals surface area contributed by atoms with Crippen LogP contribution in [0.3, 0.4) is 0 Å². The summed E-state index contributed by atoms with van der Waals surface area (Å²) in [4.78, 5) is 17.1. The van der Waals surface area contributed by atoms with E-state index in [-0.39, 0.29) is 18.0 Å². The molecule has 2 aliphatic heterocycles. The van der Waals surface area contributed by atoms with Crippen LogP contribution in [0.15, 0.2) is 22.8 Å². The summed E-state index contributed by atoms with van der Waals surface area (Å²) in [6, 6.07) is 3.76. The minimum absolute atomic E-state index is 0.0795. The molecule has 1 N–H and O–H groups in total. The maximum Gasteiger partial charge on any atom is 0.310 e. The molecule has 1 aliphatic carbocycles. The van der Waals surface area contributed by atoms with Gasteiger partial charge in [-0.15, -0.1) is 0 Å². The van der Waals surface area contributed by atoms with Crippen molar-refractivity contribution in [2.45, 2.75) is 77.0 Å². The molecule has 4 rings (SSSR count). The van der Waals surface area contributed by atoms with E-state index < -0.39 is 5.72 Å². The normalized spacial score (nSPS) is 28.0. The van der Waals surface area contributed by atoms with Crippen LogP contribution in [0, 0.1) is 11.8 Å². The summed E-state index contributed by atoms with van der Waals surface area (Å²) in [6.07, 6.45) is 9.86. The Morgan fingerprint density at radius 3 is 2.93 bits per heavy atom. The van der Waals surface area contributed by atoms with E-state index in [2.05, 4.69) is 33.2 Å². The number of carbonyl (C=O) groups is 1. The Balaban J connectivity index is 1.62. The first-order valence-corrected chi connectivity index (χ1v) is 11.1. The van der Waals surface area contributed by atoms with Gasteiger partial charge in [-0.25, -0.2) is 4.98 Å². The number of unbranched alkanes of at least 4 members (excludes halogenated alkanes) is 3. The first-order chi connectivity index (χ1) is 13.0. The molecule has 27 heavy (non-hydrogen) atoms. The molecular weight excluding hydrogens is 408 g/mol. The highest BCUT2D eigenvalue weighted by atomic mass is 79.9. The second-order valence-electron chi connectivity index (χ2n) is 8.00. The highest BCUT2D eigenvalue weighted by Gasteiger charge is 2.52. The number of halogens is 1. The van der Waals surface area contributed by atoms with Gasteiger partial charge in [0.05, 0.1) is 5.92 Å². The zero-order valence-electron chi connectivity index (χ0n) is 16.4. The van der Waals surface area contributed by atoms with E-state index in [1.54, 1.807) is 6.20 Å². The Morgan fingerprint density at radius 1 is 1.41 bits per heavy atom. The molecule has 0 radical (unpaired) electrons. The number of carbonyl (C=O) groups excluding carboxylic acids is 1. The summed E-state index contributed by atoms with van der Waals surface area (Å²) in [5, 5.41) is 3.47. The summed E-state index contributed by atoms with van der Waals surface area (Å²) in [6.45, 7) is 5.06. The van der Waals surface area contributed by atoms with Crippen molar-refractivity contribution in [3.63, 3.8) is 0 Å². The van der Waals surface area contributed by atoms with Crippen molar-refractivity contribution in [3.05, 3.63) is 22.8 Å². The third-order valence-corrected chi connectivity index (χ3v) is 6.29. The molecule has 0 aromatic carbocycles. The Labute approximate surface area is 170 Å². The lowest BCUT2D eigenvalue weighted by molar-refractivity contribution is -0.203.